The lowest BCUT2D eigenvalue weighted by Crippen LogP contribution is -2.23. The summed E-state index contributed by atoms with van der Waals surface area (Å²) in [7, 11) is 0. The van der Waals surface area contributed by atoms with E-state index >= 15 is 0 Å². The molecule has 1 amide bonds. The van der Waals surface area contributed by atoms with E-state index in [9.17, 15) is 4.79 Å². The number of rotatable bonds is 4. The zero-order chi connectivity index (χ0) is 16.5. The molecule has 5 nitrogen and oxygen atoms in total. The molecule has 3 aromatic heterocycles. The molecule has 0 radical (unpaired) electrons. The van der Waals surface area contributed by atoms with Gasteiger partial charge >= 0.3 is 0 Å². The number of thiazole rings is 2. The topological polar surface area (TPSA) is 59.3 Å². The summed E-state index contributed by atoms with van der Waals surface area (Å²) in [6.07, 6.45) is 3.85. The highest BCUT2D eigenvalue weighted by Gasteiger charge is 2.12. The summed E-state index contributed by atoms with van der Waals surface area (Å²) < 4.78 is 1.94. The average Bonchev–Trinajstić information content (AvgIpc) is 3.29. The molecule has 0 bridgehead atoms. The lowest BCUT2D eigenvalue weighted by Gasteiger charge is -2.00. The van der Waals surface area contributed by atoms with Gasteiger partial charge in [-0.25, -0.2) is 9.97 Å². The highest BCUT2D eigenvalue weighted by molar-refractivity contribution is 7.15. The first-order valence-corrected chi connectivity index (χ1v) is 9.23. The van der Waals surface area contributed by atoms with Gasteiger partial charge in [-0.2, -0.15) is 0 Å². The number of imidazole rings is 1. The van der Waals surface area contributed by atoms with Crippen LogP contribution in [0, 0.1) is 0 Å². The molecule has 0 fully saturated rings. The van der Waals surface area contributed by atoms with Gasteiger partial charge in [-0.15, -0.1) is 22.7 Å². The summed E-state index contributed by atoms with van der Waals surface area (Å²) in [5, 5.41) is 8.04. The summed E-state index contributed by atoms with van der Waals surface area (Å²) in [5.41, 5.74) is 2.17. The number of carbonyl (C=O) groups is 1. The minimum absolute atomic E-state index is 0.206. The van der Waals surface area contributed by atoms with Gasteiger partial charge in [0.05, 0.1) is 12.2 Å². The quantitative estimate of drug-likeness (QED) is 0.585. The lowest BCUT2D eigenvalue weighted by molar-refractivity contribution is 0.0946. The van der Waals surface area contributed by atoms with Crippen molar-refractivity contribution in [2.75, 3.05) is 0 Å². The van der Waals surface area contributed by atoms with Crippen molar-refractivity contribution in [3.63, 3.8) is 0 Å². The van der Waals surface area contributed by atoms with Crippen molar-refractivity contribution in [3.05, 3.63) is 63.8 Å². The Kier molecular flexibility index (Phi) is 4.05. The highest BCUT2D eigenvalue weighted by atomic mass is 35.5. The minimum Gasteiger partial charge on any atom is -0.345 e. The Balaban J connectivity index is 1.44. The van der Waals surface area contributed by atoms with Crippen LogP contribution in [0.4, 0.5) is 0 Å². The van der Waals surface area contributed by atoms with Crippen LogP contribution in [-0.4, -0.2) is 20.3 Å². The second kappa shape index (κ2) is 6.35. The Morgan fingerprint density at radius 2 is 2.04 bits per heavy atom. The van der Waals surface area contributed by atoms with E-state index in [1.807, 2.05) is 46.4 Å². The Morgan fingerprint density at radius 1 is 1.21 bits per heavy atom. The Labute approximate surface area is 150 Å². The smallest absolute Gasteiger partial charge is 0.271 e. The van der Waals surface area contributed by atoms with Crippen molar-refractivity contribution < 1.29 is 4.79 Å². The standard InChI is InChI=1S/C16H11ClN4OS2/c17-11-3-1-10(2-4-11)15-20-13(9-24-15)14(22)18-7-12-8-21-5-6-23-16(21)19-12/h1-6,8-9H,7H2,(H,18,22). The number of aromatic nitrogens is 3. The van der Waals surface area contributed by atoms with Gasteiger partial charge in [0.15, 0.2) is 4.96 Å². The van der Waals surface area contributed by atoms with Gasteiger partial charge in [0.1, 0.15) is 10.7 Å². The lowest BCUT2D eigenvalue weighted by atomic mass is 10.2. The third kappa shape index (κ3) is 3.06. The van der Waals surface area contributed by atoms with Gasteiger partial charge in [0.2, 0.25) is 0 Å². The normalized spacial score (nSPS) is 11.0. The molecule has 3 heterocycles. The van der Waals surface area contributed by atoms with Crippen LogP contribution in [0.5, 0.6) is 0 Å². The molecule has 0 saturated heterocycles. The Hall–Kier alpha value is -2.22. The maximum atomic E-state index is 12.3. The van der Waals surface area contributed by atoms with Crippen molar-refractivity contribution in [3.8, 4) is 10.6 Å². The minimum atomic E-state index is -0.206. The first kappa shape index (κ1) is 15.3. The molecule has 0 aliphatic heterocycles. The number of nitrogens with one attached hydrogen (secondary N) is 1. The van der Waals surface area contributed by atoms with Crippen molar-refractivity contribution in [2.24, 2.45) is 0 Å². The molecule has 0 spiro atoms. The largest absolute Gasteiger partial charge is 0.345 e. The first-order valence-electron chi connectivity index (χ1n) is 7.10. The van der Waals surface area contributed by atoms with Gasteiger partial charge in [0, 0.05) is 33.7 Å². The molecule has 1 N–H and O–H groups in total. The Bertz CT molecular complexity index is 974. The molecule has 4 rings (SSSR count). The molecular weight excluding hydrogens is 364 g/mol. The predicted octanol–water partition coefficient (Wildman–Crippen LogP) is 4.10. The SMILES string of the molecule is O=C(NCc1cn2ccsc2n1)c1csc(-c2ccc(Cl)cc2)n1. The number of hydrogen-bond acceptors (Lipinski definition) is 5. The number of carbonyl (C=O) groups excluding carboxylic acids is 1. The van der Waals surface area contributed by atoms with Crippen LogP contribution in [0.2, 0.25) is 5.02 Å². The van der Waals surface area contributed by atoms with E-state index < -0.39 is 0 Å². The molecular formula is C16H11ClN4OS2. The monoisotopic (exact) mass is 374 g/mol. The molecule has 1 aromatic carbocycles. The second-order valence-corrected chi connectivity index (χ2v) is 7.22. The van der Waals surface area contributed by atoms with E-state index in [1.165, 1.54) is 11.3 Å². The fourth-order valence-corrected chi connectivity index (χ4v) is 3.88. The van der Waals surface area contributed by atoms with E-state index in [0.29, 0.717) is 17.3 Å². The van der Waals surface area contributed by atoms with Crippen LogP contribution in [0.25, 0.3) is 15.5 Å². The highest BCUT2D eigenvalue weighted by Crippen LogP contribution is 2.25. The summed E-state index contributed by atoms with van der Waals surface area (Å²) in [5.74, 6) is -0.206. The predicted molar refractivity (Wildman–Crippen MR) is 96.8 cm³/mol. The van der Waals surface area contributed by atoms with Gasteiger partial charge in [-0.05, 0) is 12.1 Å². The zero-order valence-electron chi connectivity index (χ0n) is 12.3. The zero-order valence-corrected chi connectivity index (χ0v) is 14.7. The summed E-state index contributed by atoms with van der Waals surface area (Å²) in [6.45, 7) is 0.376. The molecule has 0 aliphatic rings. The third-order valence-electron chi connectivity index (χ3n) is 3.40. The van der Waals surface area contributed by atoms with Gasteiger partial charge < -0.3 is 5.32 Å². The summed E-state index contributed by atoms with van der Waals surface area (Å²) in [6, 6.07) is 7.40. The van der Waals surface area contributed by atoms with Crippen LogP contribution < -0.4 is 5.32 Å². The maximum Gasteiger partial charge on any atom is 0.271 e. The van der Waals surface area contributed by atoms with Gasteiger partial charge in [-0.3, -0.25) is 9.20 Å². The number of fused-ring (bicyclic) bond motifs is 1. The van der Waals surface area contributed by atoms with E-state index in [-0.39, 0.29) is 5.91 Å². The van der Waals surface area contributed by atoms with Crippen LogP contribution in [0.15, 0.2) is 47.4 Å². The van der Waals surface area contributed by atoms with E-state index in [1.54, 1.807) is 16.7 Å². The van der Waals surface area contributed by atoms with E-state index in [2.05, 4.69) is 15.3 Å². The van der Waals surface area contributed by atoms with Gasteiger partial charge in [-0.1, -0.05) is 23.7 Å². The Morgan fingerprint density at radius 3 is 2.83 bits per heavy atom. The van der Waals surface area contributed by atoms with Crippen molar-refractivity contribution in [1.29, 1.82) is 0 Å². The van der Waals surface area contributed by atoms with Gasteiger partial charge in [0.25, 0.3) is 5.91 Å². The van der Waals surface area contributed by atoms with Crippen LogP contribution in [0.1, 0.15) is 16.2 Å². The van der Waals surface area contributed by atoms with Crippen LogP contribution in [0.3, 0.4) is 0 Å². The van der Waals surface area contributed by atoms with Crippen molar-refractivity contribution >= 4 is 45.1 Å². The number of benzene rings is 1. The fraction of sp³-hybridized carbons (Fsp3) is 0.0625. The van der Waals surface area contributed by atoms with E-state index in [4.69, 9.17) is 11.6 Å². The molecule has 120 valence electrons. The maximum absolute atomic E-state index is 12.3. The number of hydrogen-bond donors (Lipinski definition) is 1. The number of halogens is 1. The summed E-state index contributed by atoms with van der Waals surface area (Å²) in [4.78, 5) is 22.0. The molecule has 24 heavy (non-hydrogen) atoms. The second-order valence-electron chi connectivity index (χ2n) is 5.05. The summed E-state index contributed by atoms with van der Waals surface area (Å²) >= 11 is 8.88. The molecule has 4 aromatic rings. The number of amides is 1. The van der Waals surface area contributed by atoms with Crippen molar-refractivity contribution in [2.45, 2.75) is 6.54 Å². The van der Waals surface area contributed by atoms with Crippen LogP contribution in [-0.2, 0) is 6.54 Å². The fourth-order valence-electron chi connectivity index (χ4n) is 2.23. The molecule has 0 unspecified atom stereocenters. The third-order valence-corrected chi connectivity index (χ3v) is 5.32. The average molecular weight is 375 g/mol. The molecule has 0 atom stereocenters. The van der Waals surface area contributed by atoms with Crippen LogP contribution >= 0.6 is 34.3 Å². The first-order chi connectivity index (χ1) is 11.7. The number of nitrogens with zero attached hydrogens (tertiary/aromatic N) is 3. The van der Waals surface area contributed by atoms with E-state index in [0.717, 1.165) is 21.2 Å². The van der Waals surface area contributed by atoms with Crippen molar-refractivity contribution in [1.82, 2.24) is 19.7 Å². The molecule has 8 heteroatoms. The molecule has 0 aliphatic carbocycles. The molecule has 0 saturated carbocycles.